The zero-order valence-corrected chi connectivity index (χ0v) is 11.3. The van der Waals surface area contributed by atoms with Gasteiger partial charge >= 0.3 is 0 Å². The molecular formula is C15H22N2O. The van der Waals surface area contributed by atoms with Gasteiger partial charge < -0.3 is 10.2 Å². The van der Waals surface area contributed by atoms with Gasteiger partial charge in [-0.15, -0.1) is 0 Å². The number of hydrogen-bond donors (Lipinski definition) is 1. The normalized spacial score (nSPS) is 17.7. The van der Waals surface area contributed by atoms with Gasteiger partial charge in [0.1, 0.15) is 0 Å². The number of carbonyl (C=O) groups is 1. The molecule has 0 atom stereocenters. The van der Waals surface area contributed by atoms with Crippen LogP contribution in [0, 0.1) is 0 Å². The Morgan fingerprint density at radius 2 is 2.00 bits per heavy atom. The van der Waals surface area contributed by atoms with Crippen molar-refractivity contribution in [3.05, 3.63) is 29.8 Å². The molecular weight excluding hydrogens is 224 g/mol. The highest BCUT2D eigenvalue weighted by molar-refractivity contribution is 5.94. The Hall–Kier alpha value is -1.35. The SMILES string of the molecule is CC(C)c1ccccc1N1CCCNCCC1=O. The third-order valence-corrected chi connectivity index (χ3v) is 3.40. The summed E-state index contributed by atoms with van der Waals surface area (Å²) in [5.41, 5.74) is 2.36. The highest BCUT2D eigenvalue weighted by Gasteiger charge is 2.20. The van der Waals surface area contributed by atoms with Crippen molar-refractivity contribution >= 4 is 11.6 Å². The zero-order chi connectivity index (χ0) is 13.0. The fourth-order valence-corrected chi connectivity index (χ4v) is 2.42. The van der Waals surface area contributed by atoms with Crippen molar-refractivity contribution in [3.8, 4) is 0 Å². The second-order valence-electron chi connectivity index (χ2n) is 5.11. The standard InChI is InChI=1S/C15H22N2O/c1-12(2)13-6-3-4-7-14(13)17-11-5-9-16-10-8-15(17)18/h3-4,6-7,12,16H,5,8-11H2,1-2H3. The van der Waals surface area contributed by atoms with Crippen LogP contribution in [0.1, 0.15) is 38.2 Å². The molecule has 1 aromatic rings. The van der Waals surface area contributed by atoms with Crippen LogP contribution in [0.3, 0.4) is 0 Å². The van der Waals surface area contributed by atoms with E-state index in [1.54, 1.807) is 0 Å². The fraction of sp³-hybridized carbons (Fsp3) is 0.533. The van der Waals surface area contributed by atoms with Crippen molar-refractivity contribution in [1.29, 1.82) is 0 Å². The minimum absolute atomic E-state index is 0.232. The van der Waals surface area contributed by atoms with E-state index in [0.717, 1.165) is 31.7 Å². The Labute approximate surface area is 109 Å². The van der Waals surface area contributed by atoms with Gasteiger partial charge in [0, 0.05) is 25.2 Å². The van der Waals surface area contributed by atoms with Gasteiger partial charge in [-0.3, -0.25) is 4.79 Å². The van der Waals surface area contributed by atoms with Crippen molar-refractivity contribution < 1.29 is 4.79 Å². The molecule has 1 N–H and O–H groups in total. The Bertz CT molecular complexity index is 415. The Balaban J connectivity index is 2.30. The number of para-hydroxylation sites is 1. The molecule has 0 aromatic heterocycles. The van der Waals surface area contributed by atoms with Crippen molar-refractivity contribution in [2.45, 2.75) is 32.6 Å². The average Bonchev–Trinajstić information content (AvgIpc) is 2.34. The minimum atomic E-state index is 0.232. The second kappa shape index (κ2) is 6.01. The van der Waals surface area contributed by atoms with Gasteiger partial charge in [-0.1, -0.05) is 32.0 Å². The average molecular weight is 246 g/mol. The quantitative estimate of drug-likeness (QED) is 0.869. The molecule has 0 unspecified atom stereocenters. The van der Waals surface area contributed by atoms with E-state index in [1.165, 1.54) is 5.56 Å². The zero-order valence-electron chi connectivity index (χ0n) is 11.3. The van der Waals surface area contributed by atoms with E-state index in [9.17, 15) is 4.79 Å². The molecule has 0 radical (unpaired) electrons. The summed E-state index contributed by atoms with van der Waals surface area (Å²) in [6.07, 6.45) is 1.60. The number of benzene rings is 1. The molecule has 1 aliphatic heterocycles. The minimum Gasteiger partial charge on any atom is -0.316 e. The molecule has 18 heavy (non-hydrogen) atoms. The van der Waals surface area contributed by atoms with Gasteiger partial charge in [-0.05, 0) is 30.5 Å². The highest BCUT2D eigenvalue weighted by atomic mass is 16.2. The van der Waals surface area contributed by atoms with Gasteiger partial charge in [0.2, 0.25) is 5.91 Å². The van der Waals surface area contributed by atoms with Gasteiger partial charge in [0.05, 0.1) is 0 Å². The Kier molecular flexibility index (Phi) is 4.37. The van der Waals surface area contributed by atoms with Crippen LogP contribution in [0.25, 0.3) is 0 Å². The molecule has 0 bridgehead atoms. The molecule has 1 aromatic carbocycles. The van der Waals surface area contributed by atoms with E-state index >= 15 is 0 Å². The summed E-state index contributed by atoms with van der Waals surface area (Å²) in [5.74, 6) is 0.674. The number of rotatable bonds is 2. The summed E-state index contributed by atoms with van der Waals surface area (Å²) in [4.78, 5) is 14.2. The maximum absolute atomic E-state index is 12.2. The van der Waals surface area contributed by atoms with Gasteiger partial charge in [-0.25, -0.2) is 0 Å². The third-order valence-electron chi connectivity index (χ3n) is 3.40. The number of amides is 1. The van der Waals surface area contributed by atoms with Crippen LogP contribution < -0.4 is 10.2 Å². The highest BCUT2D eigenvalue weighted by Crippen LogP contribution is 2.28. The van der Waals surface area contributed by atoms with Crippen LogP contribution in [0.2, 0.25) is 0 Å². The summed E-state index contributed by atoms with van der Waals surface area (Å²) < 4.78 is 0. The first kappa shape index (κ1) is 13.1. The van der Waals surface area contributed by atoms with Gasteiger partial charge in [0.15, 0.2) is 0 Å². The van der Waals surface area contributed by atoms with Crippen molar-refractivity contribution in [2.75, 3.05) is 24.5 Å². The molecule has 2 rings (SSSR count). The predicted molar refractivity (Wildman–Crippen MR) is 75.0 cm³/mol. The molecule has 1 fully saturated rings. The molecule has 0 spiro atoms. The van der Waals surface area contributed by atoms with Gasteiger partial charge in [-0.2, -0.15) is 0 Å². The van der Waals surface area contributed by atoms with Crippen LogP contribution >= 0.6 is 0 Å². The molecule has 0 saturated carbocycles. The van der Waals surface area contributed by atoms with E-state index in [4.69, 9.17) is 0 Å². The molecule has 1 aliphatic rings. The van der Waals surface area contributed by atoms with E-state index < -0.39 is 0 Å². The van der Waals surface area contributed by atoms with Crippen LogP contribution in [0.15, 0.2) is 24.3 Å². The molecule has 1 amide bonds. The topological polar surface area (TPSA) is 32.3 Å². The van der Waals surface area contributed by atoms with Crippen LogP contribution in [-0.4, -0.2) is 25.5 Å². The summed E-state index contributed by atoms with van der Waals surface area (Å²) in [6.45, 7) is 6.95. The fourth-order valence-electron chi connectivity index (χ4n) is 2.42. The van der Waals surface area contributed by atoms with Crippen LogP contribution in [-0.2, 0) is 4.79 Å². The molecule has 98 valence electrons. The van der Waals surface area contributed by atoms with Crippen LogP contribution in [0.5, 0.6) is 0 Å². The first-order valence-corrected chi connectivity index (χ1v) is 6.80. The Morgan fingerprint density at radius 3 is 2.78 bits per heavy atom. The first-order chi connectivity index (χ1) is 8.70. The number of nitrogens with one attached hydrogen (secondary N) is 1. The summed E-state index contributed by atoms with van der Waals surface area (Å²) in [5, 5.41) is 3.28. The van der Waals surface area contributed by atoms with Crippen LogP contribution in [0.4, 0.5) is 5.69 Å². The lowest BCUT2D eigenvalue weighted by Crippen LogP contribution is -2.38. The first-order valence-electron chi connectivity index (χ1n) is 6.80. The smallest absolute Gasteiger partial charge is 0.228 e. The van der Waals surface area contributed by atoms with Crippen molar-refractivity contribution in [1.82, 2.24) is 5.32 Å². The summed E-state index contributed by atoms with van der Waals surface area (Å²) in [6, 6.07) is 8.27. The molecule has 1 heterocycles. The molecule has 3 heteroatoms. The number of anilines is 1. The lowest BCUT2D eigenvalue weighted by Gasteiger charge is -2.28. The maximum Gasteiger partial charge on any atom is 0.228 e. The van der Waals surface area contributed by atoms with E-state index in [-0.39, 0.29) is 5.91 Å². The molecule has 1 saturated heterocycles. The monoisotopic (exact) mass is 246 g/mol. The number of hydrogen-bond acceptors (Lipinski definition) is 2. The lowest BCUT2D eigenvalue weighted by molar-refractivity contribution is -0.118. The van der Waals surface area contributed by atoms with Crippen molar-refractivity contribution in [3.63, 3.8) is 0 Å². The second-order valence-corrected chi connectivity index (χ2v) is 5.11. The molecule has 3 nitrogen and oxygen atoms in total. The maximum atomic E-state index is 12.2. The summed E-state index contributed by atoms with van der Waals surface area (Å²) in [7, 11) is 0. The Morgan fingerprint density at radius 1 is 1.22 bits per heavy atom. The number of carbonyl (C=O) groups excluding carboxylic acids is 1. The lowest BCUT2D eigenvalue weighted by atomic mass is 10.00. The van der Waals surface area contributed by atoms with Gasteiger partial charge in [0.25, 0.3) is 0 Å². The van der Waals surface area contributed by atoms with E-state index in [1.807, 2.05) is 11.0 Å². The predicted octanol–water partition coefficient (Wildman–Crippen LogP) is 2.53. The summed E-state index contributed by atoms with van der Waals surface area (Å²) >= 11 is 0. The molecule has 0 aliphatic carbocycles. The van der Waals surface area contributed by atoms with E-state index in [2.05, 4.69) is 37.4 Å². The number of nitrogens with zero attached hydrogens (tertiary/aromatic N) is 1. The van der Waals surface area contributed by atoms with Crippen molar-refractivity contribution in [2.24, 2.45) is 0 Å². The third kappa shape index (κ3) is 2.91. The largest absolute Gasteiger partial charge is 0.316 e. The van der Waals surface area contributed by atoms with E-state index in [0.29, 0.717) is 12.3 Å².